The van der Waals surface area contributed by atoms with Crippen molar-refractivity contribution in [1.82, 2.24) is 0 Å². The number of rotatable bonds is 4. The number of carboxylic acids is 1. The summed E-state index contributed by atoms with van der Waals surface area (Å²) in [7, 11) is 0. The number of carboxylic acid groups (broad SMARTS) is 1. The van der Waals surface area contributed by atoms with Crippen molar-refractivity contribution >= 4 is 40.9 Å². The van der Waals surface area contributed by atoms with Crippen molar-refractivity contribution in [1.29, 1.82) is 0 Å². The molecule has 15 heavy (non-hydrogen) atoms. The van der Waals surface area contributed by atoms with Crippen LogP contribution in [0.1, 0.15) is 6.42 Å². The maximum Gasteiger partial charge on any atom is 0.304 e. The molecule has 0 bridgehead atoms. The van der Waals surface area contributed by atoms with Crippen molar-refractivity contribution in [3.63, 3.8) is 0 Å². The minimum atomic E-state index is -0.939. The molecule has 0 aliphatic heterocycles. The lowest BCUT2D eigenvalue weighted by atomic mass is 10.2. The predicted octanol–water partition coefficient (Wildman–Crippen LogP) is 1.35. The molecule has 6 heteroatoms. The number of carbonyl (C=O) groups is 3. The first kappa shape index (κ1) is 12.0. The molecule has 1 aliphatic carbocycles. The highest BCUT2D eigenvalue weighted by Crippen LogP contribution is 2.24. The molecule has 4 nitrogen and oxygen atoms in total. The van der Waals surface area contributed by atoms with Gasteiger partial charge in [-0.1, -0.05) is 11.6 Å². The Morgan fingerprint density at radius 1 is 1.33 bits per heavy atom. The van der Waals surface area contributed by atoms with Gasteiger partial charge in [-0.05, 0) is 0 Å². The van der Waals surface area contributed by atoms with Crippen LogP contribution in [0.25, 0.3) is 0 Å². The molecule has 80 valence electrons. The second kappa shape index (κ2) is 5.14. The minimum Gasteiger partial charge on any atom is -0.481 e. The van der Waals surface area contributed by atoms with Crippen molar-refractivity contribution in [3.05, 3.63) is 22.1 Å². The normalized spacial score (nSPS) is 16.1. The van der Waals surface area contributed by atoms with Gasteiger partial charge in [0.05, 0.1) is 16.4 Å². The van der Waals surface area contributed by atoms with Gasteiger partial charge in [0.1, 0.15) is 0 Å². The van der Waals surface area contributed by atoms with Crippen LogP contribution < -0.4 is 0 Å². The second-order valence-corrected chi connectivity index (χ2v) is 4.27. The third-order valence-electron chi connectivity index (χ3n) is 1.57. The summed E-state index contributed by atoms with van der Waals surface area (Å²) in [5.74, 6) is -1.46. The number of hydrogen-bond acceptors (Lipinski definition) is 4. The Morgan fingerprint density at radius 2 is 2.00 bits per heavy atom. The zero-order chi connectivity index (χ0) is 11.4. The van der Waals surface area contributed by atoms with E-state index in [1.54, 1.807) is 0 Å². The van der Waals surface area contributed by atoms with Gasteiger partial charge in [-0.2, -0.15) is 0 Å². The molecular formula is C9H7ClO4S. The van der Waals surface area contributed by atoms with Crippen molar-refractivity contribution in [2.45, 2.75) is 6.42 Å². The van der Waals surface area contributed by atoms with Crippen LogP contribution >= 0.6 is 23.4 Å². The molecule has 0 saturated heterocycles. The van der Waals surface area contributed by atoms with Gasteiger partial charge < -0.3 is 5.11 Å². The molecule has 1 aliphatic rings. The van der Waals surface area contributed by atoms with Crippen LogP contribution in [0.3, 0.4) is 0 Å². The molecule has 0 spiro atoms. The zero-order valence-electron chi connectivity index (χ0n) is 7.53. The van der Waals surface area contributed by atoms with Crippen LogP contribution in [0.4, 0.5) is 0 Å². The van der Waals surface area contributed by atoms with Crippen LogP contribution in [0, 0.1) is 0 Å². The van der Waals surface area contributed by atoms with Crippen molar-refractivity contribution in [2.24, 2.45) is 0 Å². The number of ketones is 2. The van der Waals surface area contributed by atoms with Crippen LogP contribution in [0.2, 0.25) is 0 Å². The molecule has 0 atom stereocenters. The number of hydrogen-bond donors (Lipinski definition) is 1. The number of allylic oxidation sites excluding steroid dienone is 4. The molecule has 0 aromatic rings. The van der Waals surface area contributed by atoms with E-state index >= 15 is 0 Å². The summed E-state index contributed by atoms with van der Waals surface area (Å²) in [4.78, 5) is 32.8. The molecule has 1 rings (SSSR count). The van der Waals surface area contributed by atoms with E-state index < -0.39 is 11.8 Å². The number of halogens is 1. The third kappa shape index (κ3) is 3.53. The summed E-state index contributed by atoms with van der Waals surface area (Å²) in [6.45, 7) is 0. The Bertz CT molecular complexity index is 384. The number of carbonyl (C=O) groups excluding carboxylic acids is 2. The Balaban J connectivity index is 2.57. The van der Waals surface area contributed by atoms with E-state index in [1.807, 2.05) is 0 Å². The van der Waals surface area contributed by atoms with E-state index in [0.29, 0.717) is 0 Å². The average molecular weight is 247 g/mol. The van der Waals surface area contributed by atoms with Crippen molar-refractivity contribution < 1.29 is 19.5 Å². The monoisotopic (exact) mass is 246 g/mol. The van der Waals surface area contributed by atoms with Gasteiger partial charge in [-0.3, -0.25) is 14.4 Å². The second-order valence-electron chi connectivity index (χ2n) is 2.72. The summed E-state index contributed by atoms with van der Waals surface area (Å²) >= 11 is 6.50. The number of aliphatic carboxylic acids is 1. The third-order valence-corrected chi connectivity index (χ3v) is 2.91. The summed E-state index contributed by atoms with van der Waals surface area (Å²) < 4.78 is 0. The lowest BCUT2D eigenvalue weighted by Crippen LogP contribution is -2.09. The predicted molar refractivity (Wildman–Crippen MR) is 56.7 cm³/mol. The van der Waals surface area contributed by atoms with Gasteiger partial charge >= 0.3 is 5.97 Å². The van der Waals surface area contributed by atoms with Crippen molar-refractivity contribution in [2.75, 3.05) is 5.75 Å². The van der Waals surface area contributed by atoms with E-state index in [9.17, 15) is 14.4 Å². The van der Waals surface area contributed by atoms with Crippen molar-refractivity contribution in [3.8, 4) is 0 Å². The molecule has 0 radical (unpaired) electrons. The highest BCUT2D eigenvalue weighted by atomic mass is 35.5. The maximum atomic E-state index is 11.3. The first-order valence-electron chi connectivity index (χ1n) is 4.03. The zero-order valence-corrected chi connectivity index (χ0v) is 9.10. The Hall–Kier alpha value is -1.07. The van der Waals surface area contributed by atoms with Gasteiger partial charge in [-0.25, -0.2) is 0 Å². The molecule has 0 unspecified atom stereocenters. The molecular weight excluding hydrogens is 240 g/mol. The summed E-state index contributed by atoms with van der Waals surface area (Å²) in [5, 5.41) is 8.28. The molecule has 0 heterocycles. The quantitative estimate of drug-likeness (QED) is 0.759. The molecule has 1 N–H and O–H groups in total. The average Bonchev–Trinajstić information content (AvgIpc) is 2.13. The van der Waals surface area contributed by atoms with Crippen LogP contribution in [0.15, 0.2) is 22.1 Å². The summed E-state index contributed by atoms with van der Waals surface area (Å²) in [5.41, 5.74) is 0. The topological polar surface area (TPSA) is 71.4 Å². The van der Waals surface area contributed by atoms with Crippen LogP contribution in [0.5, 0.6) is 0 Å². The van der Waals surface area contributed by atoms with Gasteiger partial charge in [0.2, 0.25) is 0 Å². The molecule has 0 aromatic carbocycles. The van der Waals surface area contributed by atoms with Gasteiger partial charge in [0.15, 0.2) is 11.6 Å². The van der Waals surface area contributed by atoms with Gasteiger partial charge in [0, 0.05) is 17.9 Å². The molecule has 0 saturated carbocycles. The van der Waals surface area contributed by atoms with Crippen LogP contribution in [-0.2, 0) is 14.4 Å². The maximum absolute atomic E-state index is 11.3. The summed E-state index contributed by atoms with van der Waals surface area (Å²) in [6, 6.07) is 0. The highest BCUT2D eigenvalue weighted by Gasteiger charge is 2.19. The van der Waals surface area contributed by atoms with E-state index in [2.05, 4.69) is 0 Å². The summed E-state index contributed by atoms with van der Waals surface area (Å²) in [6.07, 6.45) is 2.13. The van der Waals surface area contributed by atoms with Gasteiger partial charge in [0.25, 0.3) is 0 Å². The standard InChI is InChI=1S/C9H7ClO4S/c10-5-3-7(12)8(4-6(5)11)15-2-1-9(13)14/h3-4H,1-2H2,(H,13,14). The fraction of sp³-hybridized carbons (Fsp3) is 0.222. The minimum absolute atomic E-state index is 0.0546. The first-order chi connectivity index (χ1) is 7.00. The Kier molecular flexibility index (Phi) is 4.11. The first-order valence-corrected chi connectivity index (χ1v) is 5.39. The number of thioether (sulfide) groups is 1. The fourth-order valence-corrected chi connectivity index (χ4v) is 1.92. The fourth-order valence-electron chi connectivity index (χ4n) is 0.878. The molecule has 0 aromatic heterocycles. The SMILES string of the molecule is O=C(O)CCSC1=CC(=O)C(Cl)=CC1=O. The Labute approximate surface area is 95.0 Å². The lowest BCUT2D eigenvalue weighted by molar-refractivity contribution is -0.136. The van der Waals surface area contributed by atoms with Gasteiger partial charge in [-0.15, -0.1) is 11.8 Å². The van der Waals surface area contributed by atoms with Crippen LogP contribution in [-0.4, -0.2) is 28.4 Å². The Morgan fingerprint density at radius 3 is 2.60 bits per heavy atom. The smallest absolute Gasteiger partial charge is 0.304 e. The van der Waals surface area contributed by atoms with E-state index in [4.69, 9.17) is 16.7 Å². The largest absolute Gasteiger partial charge is 0.481 e. The molecule has 0 amide bonds. The van der Waals surface area contributed by atoms with E-state index in [0.717, 1.165) is 23.9 Å². The van der Waals surface area contributed by atoms with E-state index in [-0.39, 0.29) is 27.9 Å². The van der Waals surface area contributed by atoms with E-state index in [1.165, 1.54) is 0 Å². The molecule has 0 fully saturated rings. The lowest BCUT2D eigenvalue weighted by Gasteiger charge is -2.06. The highest BCUT2D eigenvalue weighted by molar-refractivity contribution is 8.04.